The molecule has 0 spiro atoms. The quantitative estimate of drug-likeness (QED) is 0.636. The van der Waals surface area contributed by atoms with Crippen molar-refractivity contribution < 1.29 is 4.79 Å². The Hall–Kier alpha value is -2.53. The van der Waals surface area contributed by atoms with Gasteiger partial charge in [0.25, 0.3) is 0 Å². The fraction of sp³-hybridized carbons (Fsp3) is 0.238. The standard InChI is InChI=1S/C21H23N3OS/c1-16-3-9-20(10-4-16)26-14-11-21(25)23-15-18-5-7-19(8-6-18)24-13-12-22-17(24)2/h3-10,12-13H,11,14-15H2,1-2H3,(H,23,25). The first-order chi connectivity index (χ1) is 12.6. The van der Waals surface area contributed by atoms with Crippen LogP contribution < -0.4 is 5.32 Å². The van der Waals surface area contributed by atoms with E-state index in [1.807, 2.05) is 42.0 Å². The van der Waals surface area contributed by atoms with Gasteiger partial charge >= 0.3 is 0 Å². The molecule has 0 fully saturated rings. The number of hydrogen-bond acceptors (Lipinski definition) is 3. The molecule has 0 saturated carbocycles. The van der Waals surface area contributed by atoms with Crippen molar-refractivity contribution in [2.45, 2.75) is 31.7 Å². The molecule has 0 aliphatic heterocycles. The van der Waals surface area contributed by atoms with Crippen LogP contribution in [0.2, 0.25) is 0 Å². The van der Waals surface area contributed by atoms with Crippen molar-refractivity contribution >= 4 is 17.7 Å². The number of hydrogen-bond donors (Lipinski definition) is 1. The Morgan fingerprint density at radius 2 is 1.81 bits per heavy atom. The molecule has 0 radical (unpaired) electrons. The Balaban J connectivity index is 1.43. The van der Waals surface area contributed by atoms with Gasteiger partial charge in [0.15, 0.2) is 0 Å². The zero-order valence-corrected chi connectivity index (χ0v) is 15.9. The molecule has 5 heteroatoms. The average molecular weight is 366 g/mol. The summed E-state index contributed by atoms with van der Waals surface area (Å²) in [5.41, 5.74) is 3.41. The van der Waals surface area contributed by atoms with Crippen LogP contribution >= 0.6 is 11.8 Å². The van der Waals surface area contributed by atoms with Gasteiger partial charge in [0.2, 0.25) is 5.91 Å². The molecule has 1 N–H and O–H groups in total. The van der Waals surface area contributed by atoms with Gasteiger partial charge in [-0.1, -0.05) is 29.8 Å². The Kier molecular flexibility index (Phi) is 6.12. The molecule has 1 amide bonds. The molecule has 0 bridgehead atoms. The third kappa shape index (κ3) is 4.99. The van der Waals surface area contributed by atoms with Gasteiger partial charge in [-0.15, -0.1) is 11.8 Å². The van der Waals surface area contributed by atoms with Gasteiger partial charge < -0.3 is 9.88 Å². The number of imidazole rings is 1. The third-order valence-electron chi connectivity index (χ3n) is 4.15. The maximum atomic E-state index is 12.0. The normalized spacial score (nSPS) is 10.7. The molecule has 4 nitrogen and oxygen atoms in total. The Labute approximate surface area is 158 Å². The molecule has 0 unspecified atom stereocenters. The highest BCUT2D eigenvalue weighted by Gasteiger charge is 2.04. The van der Waals surface area contributed by atoms with Crippen LogP contribution in [0.4, 0.5) is 0 Å². The zero-order valence-electron chi connectivity index (χ0n) is 15.1. The van der Waals surface area contributed by atoms with Crippen molar-refractivity contribution in [3.8, 4) is 5.69 Å². The van der Waals surface area contributed by atoms with E-state index in [2.05, 4.69) is 41.5 Å². The molecule has 0 atom stereocenters. The van der Waals surface area contributed by atoms with Crippen molar-refractivity contribution in [1.29, 1.82) is 0 Å². The number of rotatable bonds is 7. The van der Waals surface area contributed by atoms with E-state index in [4.69, 9.17) is 0 Å². The van der Waals surface area contributed by atoms with Gasteiger partial charge in [0.05, 0.1) is 0 Å². The van der Waals surface area contributed by atoms with Crippen LogP contribution in [0, 0.1) is 13.8 Å². The summed E-state index contributed by atoms with van der Waals surface area (Å²) in [7, 11) is 0. The van der Waals surface area contributed by atoms with Crippen LogP contribution in [-0.4, -0.2) is 21.2 Å². The largest absolute Gasteiger partial charge is 0.352 e. The lowest BCUT2D eigenvalue weighted by atomic mass is 10.2. The van der Waals surface area contributed by atoms with Crippen molar-refractivity contribution in [2.24, 2.45) is 0 Å². The van der Waals surface area contributed by atoms with Crippen LogP contribution in [-0.2, 0) is 11.3 Å². The van der Waals surface area contributed by atoms with Gasteiger partial charge in [-0.25, -0.2) is 4.98 Å². The molecule has 0 aliphatic carbocycles. The lowest BCUT2D eigenvalue weighted by molar-refractivity contribution is -0.120. The van der Waals surface area contributed by atoms with Crippen LogP contribution in [0.5, 0.6) is 0 Å². The van der Waals surface area contributed by atoms with E-state index in [1.54, 1.807) is 18.0 Å². The van der Waals surface area contributed by atoms with E-state index in [0.717, 1.165) is 22.8 Å². The SMILES string of the molecule is Cc1ccc(SCCC(=O)NCc2ccc(-n3ccnc3C)cc2)cc1. The van der Waals surface area contributed by atoms with Crippen LogP contribution in [0.1, 0.15) is 23.4 Å². The summed E-state index contributed by atoms with van der Waals surface area (Å²) < 4.78 is 2.03. The number of carbonyl (C=O) groups excluding carboxylic acids is 1. The van der Waals surface area contributed by atoms with Crippen molar-refractivity contribution in [1.82, 2.24) is 14.9 Å². The summed E-state index contributed by atoms with van der Waals surface area (Å²) >= 11 is 1.71. The summed E-state index contributed by atoms with van der Waals surface area (Å²) in [6.07, 6.45) is 4.25. The van der Waals surface area contributed by atoms with E-state index in [1.165, 1.54) is 10.5 Å². The van der Waals surface area contributed by atoms with Gasteiger partial charge in [-0.2, -0.15) is 0 Å². The van der Waals surface area contributed by atoms with Crippen molar-refractivity contribution in [3.63, 3.8) is 0 Å². The summed E-state index contributed by atoms with van der Waals surface area (Å²) in [6.45, 7) is 4.60. The molecule has 26 heavy (non-hydrogen) atoms. The summed E-state index contributed by atoms with van der Waals surface area (Å²) in [5.74, 6) is 1.82. The lowest BCUT2D eigenvalue weighted by Crippen LogP contribution is -2.22. The van der Waals surface area contributed by atoms with E-state index in [9.17, 15) is 4.79 Å². The average Bonchev–Trinajstić information content (AvgIpc) is 3.08. The summed E-state index contributed by atoms with van der Waals surface area (Å²) in [6, 6.07) is 16.6. The Bertz CT molecular complexity index is 854. The Morgan fingerprint density at radius 3 is 2.46 bits per heavy atom. The number of thioether (sulfide) groups is 1. The van der Waals surface area contributed by atoms with Gasteiger partial charge in [0, 0.05) is 41.7 Å². The number of benzene rings is 2. The van der Waals surface area contributed by atoms with Crippen molar-refractivity contribution in [3.05, 3.63) is 77.9 Å². The van der Waals surface area contributed by atoms with E-state index >= 15 is 0 Å². The fourth-order valence-electron chi connectivity index (χ4n) is 2.61. The molecule has 3 aromatic rings. The maximum Gasteiger partial charge on any atom is 0.221 e. The molecule has 1 heterocycles. The molecule has 0 aliphatic rings. The zero-order chi connectivity index (χ0) is 18.4. The molecule has 1 aromatic heterocycles. The van der Waals surface area contributed by atoms with Crippen molar-refractivity contribution in [2.75, 3.05) is 5.75 Å². The first kappa shape index (κ1) is 18.3. The fourth-order valence-corrected chi connectivity index (χ4v) is 3.46. The topological polar surface area (TPSA) is 46.9 Å². The molecule has 0 saturated heterocycles. The second-order valence-corrected chi connectivity index (χ2v) is 7.37. The minimum Gasteiger partial charge on any atom is -0.352 e. The first-order valence-corrected chi connectivity index (χ1v) is 9.66. The van der Waals surface area contributed by atoms with Gasteiger partial charge in [0.1, 0.15) is 5.82 Å². The molecule has 2 aromatic carbocycles. The predicted molar refractivity (Wildman–Crippen MR) is 107 cm³/mol. The van der Waals surface area contributed by atoms with Gasteiger partial charge in [-0.05, 0) is 43.7 Å². The number of nitrogens with one attached hydrogen (secondary N) is 1. The Morgan fingerprint density at radius 1 is 1.08 bits per heavy atom. The minimum atomic E-state index is 0.0825. The first-order valence-electron chi connectivity index (χ1n) is 8.67. The second-order valence-electron chi connectivity index (χ2n) is 6.20. The van der Waals surface area contributed by atoms with Crippen LogP contribution in [0.25, 0.3) is 5.69 Å². The smallest absolute Gasteiger partial charge is 0.221 e. The highest BCUT2D eigenvalue weighted by atomic mass is 32.2. The highest BCUT2D eigenvalue weighted by molar-refractivity contribution is 7.99. The molecular formula is C21H23N3OS. The third-order valence-corrected chi connectivity index (χ3v) is 5.16. The molecular weight excluding hydrogens is 342 g/mol. The number of aryl methyl sites for hydroxylation is 2. The monoisotopic (exact) mass is 365 g/mol. The second kappa shape index (κ2) is 8.72. The molecule has 3 rings (SSSR count). The van der Waals surface area contributed by atoms with Crippen LogP contribution in [0.3, 0.4) is 0 Å². The highest BCUT2D eigenvalue weighted by Crippen LogP contribution is 2.19. The van der Waals surface area contributed by atoms with Crippen LogP contribution in [0.15, 0.2) is 65.8 Å². The summed E-state index contributed by atoms with van der Waals surface area (Å²) in [5, 5.41) is 2.99. The maximum absolute atomic E-state index is 12.0. The minimum absolute atomic E-state index is 0.0825. The number of aromatic nitrogens is 2. The lowest BCUT2D eigenvalue weighted by Gasteiger charge is -2.08. The molecule has 134 valence electrons. The predicted octanol–water partition coefficient (Wildman–Crippen LogP) is 4.29. The van der Waals surface area contributed by atoms with E-state index in [0.29, 0.717) is 13.0 Å². The number of nitrogens with zero attached hydrogens (tertiary/aromatic N) is 2. The van der Waals surface area contributed by atoms with E-state index < -0.39 is 0 Å². The number of amides is 1. The van der Waals surface area contributed by atoms with Gasteiger partial charge in [-0.3, -0.25) is 4.79 Å². The summed E-state index contributed by atoms with van der Waals surface area (Å²) in [4.78, 5) is 17.5. The number of carbonyl (C=O) groups is 1. The van der Waals surface area contributed by atoms with E-state index in [-0.39, 0.29) is 5.91 Å².